The first-order chi connectivity index (χ1) is 22.1. The minimum Gasteiger partial charge on any atom is -0.483 e. The normalized spacial score (nSPS) is 26.8. The summed E-state index contributed by atoms with van der Waals surface area (Å²) in [6.07, 6.45) is 3.88. The lowest BCUT2D eigenvalue weighted by Crippen LogP contribution is -2.70. The molecule has 5 aliphatic heterocycles. The zero-order valence-electron chi connectivity index (χ0n) is 25.1. The molecular weight excluding hydrogens is 603 g/mol. The van der Waals surface area contributed by atoms with Crippen LogP contribution < -0.4 is 10.6 Å². The average molecular weight is 636 g/mol. The molecule has 2 aromatic rings. The number of carbonyl (C=O) groups excluding carboxylic acids is 3. The lowest BCUT2D eigenvalue weighted by atomic mass is 9.72. The van der Waals surface area contributed by atoms with Gasteiger partial charge in [0.05, 0.1) is 18.5 Å². The lowest BCUT2D eigenvalue weighted by molar-refractivity contribution is -0.137. The summed E-state index contributed by atoms with van der Waals surface area (Å²) in [5, 5.41) is 10.2. The number of hydrogen-bond acceptors (Lipinski definition) is 8. The zero-order valence-corrected chi connectivity index (χ0v) is 25.1. The van der Waals surface area contributed by atoms with E-state index in [1.165, 1.54) is 6.08 Å². The monoisotopic (exact) mass is 635 g/mol. The van der Waals surface area contributed by atoms with Crippen LogP contribution in [-0.2, 0) is 37.1 Å². The second-order valence-corrected chi connectivity index (χ2v) is 12.4. The number of fused-ring (bicyclic) bond motifs is 2. The van der Waals surface area contributed by atoms with Crippen molar-refractivity contribution in [2.45, 2.75) is 62.9 Å². The van der Waals surface area contributed by atoms with E-state index >= 15 is 0 Å². The van der Waals surface area contributed by atoms with Gasteiger partial charge in [0.1, 0.15) is 41.1 Å². The number of amides is 2. The van der Waals surface area contributed by atoms with Gasteiger partial charge in [0.15, 0.2) is 11.4 Å². The third-order valence-corrected chi connectivity index (χ3v) is 9.61. The van der Waals surface area contributed by atoms with Crippen molar-refractivity contribution >= 4 is 23.4 Å². The lowest BCUT2D eigenvalue weighted by Gasteiger charge is -2.49. The van der Waals surface area contributed by atoms with Gasteiger partial charge in [-0.05, 0) is 37.8 Å². The highest BCUT2D eigenvalue weighted by atomic mass is 19.1. The van der Waals surface area contributed by atoms with Crippen molar-refractivity contribution in [1.29, 1.82) is 0 Å². The fourth-order valence-corrected chi connectivity index (χ4v) is 6.77. The van der Waals surface area contributed by atoms with Crippen LogP contribution in [0.25, 0.3) is 0 Å². The topological polar surface area (TPSA) is 113 Å². The molecule has 5 aliphatic rings. The molecular formula is C33H32F3N5O5. The molecule has 7 rings (SSSR count). The maximum absolute atomic E-state index is 14.4. The summed E-state index contributed by atoms with van der Waals surface area (Å²) < 4.78 is 48.5. The molecule has 0 saturated carbocycles. The second-order valence-electron chi connectivity index (χ2n) is 12.4. The summed E-state index contributed by atoms with van der Waals surface area (Å²) >= 11 is 0. The molecule has 5 heterocycles. The van der Waals surface area contributed by atoms with Crippen LogP contribution in [0.1, 0.15) is 43.7 Å². The van der Waals surface area contributed by atoms with Gasteiger partial charge in [0, 0.05) is 43.4 Å². The number of oxime groups is 1. The van der Waals surface area contributed by atoms with Crippen molar-refractivity contribution in [1.82, 2.24) is 20.4 Å². The molecule has 0 aliphatic carbocycles. The number of rotatable bonds is 6. The summed E-state index contributed by atoms with van der Waals surface area (Å²) in [7, 11) is 0. The highest BCUT2D eigenvalue weighted by Crippen LogP contribution is 2.48. The highest BCUT2D eigenvalue weighted by molar-refractivity contribution is 6.27. The minimum absolute atomic E-state index is 0.0660. The Hall–Kier alpha value is -4.81. The van der Waals surface area contributed by atoms with Crippen LogP contribution in [0.4, 0.5) is 13.2 Å². The van der Waals surface area contributed by atoms with Crippen molar-refractivity contribution in [3.63, 3.8) is 0 Å². The molecule has 2 spiro atoms. The van der Waals surface area contributed by atoms with Gasteiger partial charge in [0.2, 0.25) is 5.78 Å². The van der Waals surface area contributed by atoms with Crippen LogP contribution in [0.2, 0.25) is 0 Å². The van der Waals surface area contributed by atoms with Gasteiger partial charge in [-0.1, -0.05) is 35.5 Å². The molecule has 3 fully saturated rings. The fourth-order valence-electron chi connectivity index (χ4n) is 6.77. The third-order valence-electron chi connectivity index (χ3n) is 9.61. The SMILES string of the molecule is CC1CCC2(CC(N3CCC3)=NO2)C23C=C(C(=O)NCc4c(F)cc(F)cc4F)C(=O)C(OCc4ccccc4)=C(N2)C(=O)N1C3. The number of carbonyl (C=O) groups is 3. The smallest absolute Gasteiger partial charge is 0.274 e. The number of amidine groups is 1. The number of Topliss-reactive ketones (excluding diaryl/α,β-unsaturated/α-hetero) is 1. The summed E-state index contributed by atoms with van der Waals surface area (Å²) in [5.41, 5.74) is -2.73. The summed E-state index contributed by atoms with van der Waals surface area (Å²) in [6, 6.07) is 9.80. The van der Waals surface area contributed by atoms with E-state index < -0.39 is 63.9 Å². The number of allylic oxidation sites excluding steroid dienone is 1. The van der Waals surface area contributed by atoms with E-state index in [-0.39, 0.29) is 30.6 Å². The Morgan fingerprint density at radius 3 is 2.59 bits per heavy atom. The Morgan fingerprint density at radius 2 is 1.89 bits per heavy atom. The molecule has 13 heteroatoms. The Bertz CT molecular complexity index is 1700. The van der Waals surface area contributed by atoms with Gasteiger partial charge in [-0.25, -0.2) is 13.2 Å². The molecule has 240 valence electrons. The molecule has 3 unspecified atom stereocenters. The van der Waals surface area contributed by atoms with Crippen molar-refractivity contribution in [2.75, 3.05) is 19.6 Å². The number of piperazine rings is 1. The van der Waals surface area contributed by atoms with Crippen LogP contribution in [-0.4, -0.2) is 70.0 Å². The predicted molar refractivity (Wildman–Crippen MR) is 158 cm³/mol. The van der Waals surface area contributed by atoms with E-state index in [0.717, 1.165) is 30.9 Å². The molecule has 0 radical (unpaired) electrons. The van der Waals surface area contributed by atoms with E-state index in [4.69, 9.17) is 9.57 Å². The van der Waals surface area contributed by atoms with Gasteiger partial charge in [-0.15, -0.1) is 0 Å². The fraction of sp³-hybridized carbons (Fsp3) is 0.394. The number of ether oxygens (including phenoxy) is 1. The first-order valence-electron chi connectivity index (χ1n) is 15.3. The quantitative estimate of drug-likeness (QED) is 0.469. The minimum atomic E-state index is -1.30. The zero-order chi connectivity index (χ0) is 32.2. The number of nitrogens with one attached hydrogen (secondary N) is 2. The van der Waals surface area contributed by atoms with Gasteiger partial charge < -0.3 is 30.0 Å². The van der Waals surface area contributed by atoms with Crippen molar-refractivity contribution in [3.8, 4) is 0 Å². The van der Waals surface area contributed by atoms with E-state index in [1.807, 2.05) is 13.0 Å². The average Bonchev–Trinajstić information content (AvgIpc) is 3.35. The Labute approximate surface area is 262 Å². The second kappa shape index (κ2) is 11.2. The Kier molecular flexibility index (Phi) is 7.28. The summed E-state index contributed by atoms with van der Waals surface area (Å²) in [5.74, 6) is -5.35. The van der Waals surface area contributed by atoms with Gasteiger partial charge in [0.25, 0.3) is 11.8 Å². The first-order valence-corrected chi connectivity index (χ1v) is 15.3. The maximum Gasteiger partial charge on any atom is 0.274 e. The Morgan fingerprint density at radius 1 is 1.15 bits per heavy atom. The molecule has 3 bridgehead atoms. The number of halogens is 3. The van der Waals surface area contributed by atoms with Gasteiger partial charge in [-0.2, -0.15) is 0 Å². The molecule has 46 heavy (non-hydrogen) atoms. The first kappa shape index (κ1) is 29.9. The number of nitrogens with zero attached hydrogens (tertiary/aromatic N) is 3. The number of ketones is 1. The van der Waals surface area contributed by atoms with Crippen LogP contribution in [0.5, 0.6) is 0 Å². The van der Waals surface area contributed by atoms with Gasteiger partial charge in [-0.3, -0.25) is 14.4 Å². The van der Waals surface area contributed by atoms with E-state index in [9.17, 15) is 27.6 Å². The summed E-state index contributed by atoms with van der Waals surface area (Å²) in [4.78, 5) is 52.2. The third kappa shape index (κ3) is 4.88. The molecule has 2 aromatic carbocycles. The molecule has 10 nitrogen and oxygen atoms in total. The maximum atomic E-state index is 14.4. The van der Waals surface area contributed by atoms with Crippen LogP contribution >= 0.6 is 0 Å². The molecule has 0 aromatic heterocycles. The largest absolute Gasteiger partial charge is 0.483 e. The van der Waals surface area contributed by atoms with Crippen molar-refractivity contribution in [3.05, 3.63) is 94.1 Å². The van der Waals surface area contributed by atoms with Crippen LogP contribution in [0.15, 0.2) is 70.7 Å². The van der Waals surface area contributed by atoms with Crippen molar-refractivity contribution in [2.24, 2.45) is 5.16 Å². The summed E-state index contributed by atoms with van der Waals surface area (Å²) in [6.45, 7) is 2.92. The molecule has 3 saturated heterocycles. The predicted octanol–water partition coefficient (Wildman–Crippen LogP) is 3.19. The molecule has 2 N–H and O–H groups in total. The number of likely N-dealkylation sites (tertiary alicyclic amines) is 1. The highest BCUT2D eigenvalue weighted by Gasteiger charge is 2.64. The number of benzene rings is 2. The van der Waals surface area contributed by atoms with Crippen LogP contribution in [0, 0.1) is 17.5 Å². The van der Waals surface area contributed by atoms with Crippen LogP contribution in [0.3, 0.4) is 0 Å². The van der Waals surface area contributed by atoms with E-state index in [1.54, 1.807) is 29.2 Å². The van der Waals surface area contributed by atoms with E-state index in [2.05, 4.69) is 20.7 Å². The Balaban J connectivity index is 1.31. The van der Waals surface area contributed by atoms with E-state index in [0.29, 0.717) is 31.4 Å². The van der Waals surface area contributed by atoms with Crippen molar-refractivity contribution < 1.29 is 37.1 Å². The molecule has 3 atom stereocenters. The number of hydrogen-bond donors (Lipinski definition) is 2. The van der Waals surface area contributed by atoms with Gasteiger partial charge >= 0.3 is 0 Å². The molecule has 2 amide bonds. The standard InChI is InChI=1S/C33H32F3N5O5/c1-19-8-9-33(15-26(39-46-33)40-10-5-11-40)32-14-22(30(43)37-16-23-24(35)12-21(34)13-25(23)36)28(42)29(27(38-32)31(44)41(19)18-32)45-17-20-6-3-2-4-7-20/h2-4,6-7,12-14,19,38H,5,8-11,15-18H2,1H3,(H,37,43).